The maximum absolute atomic E-state index is 14.2. The molecule has 1 aromatic heterocycles. The van der Waals surface area contributed by atoms with Crippen molar-refractivity contribution in [1.29, 1.82) is 0 Å². The zero-order chi connectivity index (χ0) is 20.7. The first-order chi connectivity index (χ1) is 14.6. The molecule has 0 saturated carbocycles. The number of benzene rings is 3. The lowest BCUT2D eigenvalue weighted by molar-refractivity contribution is -0.113. The van der Waals surface area contributed by atoms with Crippen LogP contribution >= 0.6 is 22.9 Å². The van der Waals surface area contributed by atoms with Crippen molar-refractivity contribution < 1.29 is 9.18 Å². The van der Waals surface area contributed by atoms with Gasteiger partial charge in [-0.05, 0) is 30.3 Å². The third kappa shape index (κ3) is 3.12. The summed E-state index contributed by atoms with van der Waals surface area (Å²) in [7, 11) is 0. The van der Waals surface area contributed by atoms with Gasteiger partial charge >= 0.3 is 0 Å². The number of para-hydroxylation sites is 1. The predicted molar refractivity (Wildman–Crippen MR) is 122 cm³/mol. The number of fused-ring (bicyclic) bond motifs is 1. The third-order valence-corrected chi connectivity index (χ3v) is 6.48. The number of anilines is 1. The van der Waals surface area contributed by atoms with Gasteiger partial charge in [0.15, 0.2) is 5.84 Å². The van der Waals surface area contributed by atoms with E-state index in [1.807, 2.05) is 54.6 Å². The molecule has 4 aromatic rings. The number of amides is 1. The summed E-state index contributed by atoms with van der Waals surface area (Å²) in [5.41, 5.74) is 1.14. The Kier molecular flexibility index (Phi) is 4.69. The van der Waals surface area contributed by atoms with E-state index in [2.05, 4.69) is 4.99 Å². The summed E-state index contributed by atoms with van der Waals surface area (Å²) in [6.45, 7) is 0. The van der Waals surface area contributed by atoms with Crippen molar-refractivity contribution in [2.24, 2.45) is 4.99 Å². The maximum Gasteiger partial charge on any atom is 0.282 e. The Hall–Kier alpha value is -3.28. The van der Waals surface area contributed by atoms with Crippen LogP contribution in [0.5, 0.6) is 0 Å². The Balaban J connectivity index is 1.71. The van der Waals surface area contributed by atoms with Gasteiger partial charge in [0.25, 0.3) is 5.91 Å². The molecule has 30 heavy (non-hydrogen) atoms. The fourth-order valence-corrected chi connectivity index (χ4v) is 4.88. The zero-order valence-corrected chi connectivity index (χ0v) is 17.1. The molecule has 0 N–H and O–H groups in total. The van der Waals surface area contributed by atoms with Gasteiger partial charge in [-0.15, -0.1) is 11.3 Å². The van der Waals surface area contributed by atoms with Gasteiger partial charge in [0.1, 0.15) is 11.5 Å². The Morgan fingerprint density at radius 3 is 2.40 bits per heavy atom. The second-order valence-electron chi connectivity index (χ2n) is 6.70. The van der Waals surface area contributed by atoms with Crippen molar-refractivity contribution >= 4 is 56.5 Å². The van der Waals surface area contributed by atoms with Crippen LogP contribution in [0.3, 0.4) is 0 Å². The minimum Gasteiger partial charge on any atom is -0.266 e. The number of aliphatic imine (C=N–C) groups is 1. The molecule has 3 aromatic carbocycles. The summed E-state index contributed by atoms with van der Waals surface area (Å²) in [6.07, 6.45) is 1.47. The Bertz CT molecular complexity index is 1340. The molecule has 0 saturated heterocycles. The van der Waals surface area contributed by atoms with E-state index in [0.717, 1.165) is 10.1 Å². The van der Waals surface area contributed by atoms with E-state index >= 15 is 0 Å². The van der Waals surface area contributed by atoms with Crippen molar-refractivity contribution in [3.05, 3.63) is 106 Å². The number of carbonyl (C=O) groups excluding carboxylic acids is 1. The molecule has 3 nitrogen and oxygen atoms in total. The van der Waals surface area contributed by atoms with Gasteiger partial charge < -0.3 is 0 Å². The molecule has 0 atom stereocenters. The number of hydrogen-bond acceptors (Lipinski definition) is 3. The SMILES string of the molecule is O=C1/C(=C\c2ccccc2F)N=C(c2sc3ccccc3c2Cl)N1c1ccccc1. The third-order valence-electron chi connectivity index (χ3n) is 4.81. The van der Waals surface area contributed by atoms with Crippen LogP contribution in [0.4, 0.5) is 10.1 Å². The second kappa shape index (κ2) is 7.52. The van der Waals surface area contributed by atoms with Crippen molar-refractivity contribution in [2.45, 2.75) is 0 Å². The molecule has 2 heterocycles. The number of rotatable bonds is 3. The summed E-state index contributed by atoms with van der Waals surface area (Å²) < 4.78 is 15.2. The minimum atomic E-state index is -0.410. The average molecular weight is 433 g/mol. The van der Waals surface area contributed by atoms with Crippen molar-refractivity contribution in [1.82, 2.24) is 0 Å². The maximum atomic E-state index is 14.2. The Morgan fingerprint density at radius 2 is 1.63 bits per heavy atom. The first-order valence-corrected chi connectivity index (χ1v) is 10.4. The molecule has 0 bridgehead atoms. The molecule has 5 rings (SSSR count). The normalized spacial score (nSPS) is 15.3. The van der Waals surface area contributed by atoms with Gasteiger partial charge in [0.2, 0.25) is 0 Å². The lowest BCUT2D eigenvalue weighted by atomic mass is 10.1. The standard InChI is InChI=1S/C24H14ClFN2OS/c25-21-17-11-5-7-13-20(17)30-22(21)23-27-19(14-15-8-4-6-12-18(15)26)24(29)28(23)16-9-2-1-3-10-16/h1-14H/b19-14+. The van der Waals surface area contributed by atoms with Crippen LogP contribution in [0.1, 0.15) is 10.4 Å². The highest BCUT2D eigenvalue weighted by molar-refractivity contribution is 7.21. The predicted octanol–water partition coefficient (Wildman–Crippen LogP) is 6.53. The van der Waals surface area contributed by atoms with Crippen LogP contribution in [0, 0.1) is 5.82 Å². The first kappa shape index (κ1) is 18.7. The molecule has 1 amide bonds. The van der Waals surface area contributed by atoms with Crippen molar-refractivity contribution in [3.63, 3.8) is 0 Å². The molecule has 0 aliphatic carbocycles. The van der Waals surface area contributed by atoms with E-state index < -0.39 is 5.82 Å². The Labute approximate surface area is 181 Å². The quantitative estimate of drug-likeness (QED) is 0.339. The first-order valence-electron chi connectivity index (χ1n) is 9.25. The van der Waals surface area contributed by atoms with Crippen LogP contribution in [0.15, 0.2) is 89.6 Å². The summed E-state index contributed by atoms with van der Waals surface area (Å²) in [6, 6.07) is 23.3. The van der Waals surface area contributed by atoms with Crippen LogP contribution in [-0.2, 0) is 4.79 Å². The van der Waals surface area contributed by atoms with Crippen molar-refractivity contribution in [2.75, 3.05) is 4.90 Å². The fraction of sp³-hybridized carbons (Fsp3) is 0. The van der Waals surface area contributed by atoms with Gasteiger partial charge in [-0.1, -0.05) is 66.2 Å². The molecule has 0 spiro atoms. The van der Waals surface area contributed by atoms with Gasteiger partial charge in [0, 0.05) is 15.6 Å². The molecule has 146 valence electrons. The minimum absolute atomic E-state index is 0.160. The topological polar surface area (TPSA) is 32.7 Å². The lowest BCUT2D eigenvalue weighted by Gasteiger charge is -2.17. The highest BCUT2D eigenvalue weighted by atomic mass is 35.5. The van der Waals surface area contributed by atoms with Gasteiger partial charge in [-0.3, -0.25) is 9.69 Å². The summed E-state index contributed by atoms with van der Waals surface area (Å²) in [4.78, 5) is 20.1. The molecule has 1 aliphatic rings. The fourth-order valence-electron chi connectivity index (χ4n) is 3.38. The summed E-state index contributed by atoms with van der Waals surface area (Å²) in [5, 5.41) is 1.46. The second-order valence-corrected chi connectivity index (χ2v) is 8.13. The molecule has 0 unspecified atom stereocenters. The molecule has 0 radical (unpaired) electrons. The number of nitrogens with zero attached hydrogens (tertiary/aromatic N) is 2. The molecular formula is C24H14ClFN2OS. The van der Waals surface area contributed by atoms with E-state index in [1.54, 1.807) is 18.2 Å². The van der Waals surface area contributed by atoms with E-state index in [1.165, 1.54) is 28.4 Å². The Morgan fingerprint density at radius 1 is 0.933 bits per heavy atom. The van der Waals surface area contributed by atoms with Gasteiger partial charge in [-0.2, -0.15) is 0 Å². The number of thiophene rings is 1. The molecule has 6 heteroatoms. The summed E-state index contributed by atoms with van der Waals surface area (Å²) >= 11 is 8.16. The average Bonchev–Trinajstić information content (AvgIpc) is 3.27. The molecule has 1 aliphatic heterocycles. The van der Waals surface area contributed by atoms with Crippen molar-refractivity contribution in [3.8, 4) is 0 Å². The van der Waals surface area contributed by atoms with Gasteiger partial charge in [0.05, 0.1) is 15.6 Å². The summed E-state index contributed by atoms with van der Waals surface area (Å²) in [5.74, 6) is -0.291. The van der Waals surface area contributed by atoms with Crippen LogP contribution in [0.2, 0.25) is 5.02 Å². The zero-order valence-electron chi connectivity index (χ0n) is 15.5. The van der Waals surface area contributed by atoms with E-state index in [0.29, 0.717) is 27.0 Å². The highest BCUT2D eigenvalue weighted by Crippen LogP contribution is 2.39. The number of amidine groups is 1. The van der Waals surface area contributed by atoms with Crippen LogP contribution < -0.4 is 4.90 Å². The number of carbonyl (C=O) groups is 1. The molecular weight excluding hydrogens is 419 g/mol. The smallest absolute Gasteiger partial charge is 0.266 e. The van der Waals surface area contributed by atoms with E-state index in [9.17, 15) is 9.18 Å². The lowest BCUT2D eigenvalue weighted by Crippen LogP contribution is -2.32. The number of halogens is 2. The van der Waals surface area contributed by atoms with E-state index in [4.69, 9.17) is 11.6 Å². The van der Waals surface area contributed by atoms with E-state index in [-0.39, 0.29) is 11.6 Å². The van der Waals surface area contributed by atoms with Crippen LogP contribution in [0.25, 0.3) is 16.2 Å². The highest BCUT2D eigenvalue weighted by Gasteiger charge is 2.35. The largest absolute Gasteiger partial charge is 0.282 e. The molecule has 0 fully saturated rings. The van der Waals surface area contributed by atoms with Gasteiger partial charge in [-0.25, -0.2) is 9.38 Å². The number of hydrogen-bond donors (Lipinski definition) is 0. The monoisotopic (exact) mass is 432 g/mol. The van der Waals surface area contributed by atoms with Crippen LogP contribution in [-0.4, -0.2) is 11.7 Å².